The van der Waals surface area contributed by atoms with Crippen LogP contribution in [0.1, 0.15) is 38.1 Å². The molecule has 38 heavy (non-hydrogen) atoms. The van der Waals surface area contributed by atoms with Gasteiger partial charge in [0.2, 0.25) is 12.2 Å². The molecule has 212 valence electrons. The van der Waals surface area contributed by atoms with Gasteiger partial charge in [-0.1, -0.05) is 55.6 Å². The van der Waals surface area contributed by atoms with Crippen LogP contribution in [0, 0.1) is 23.2 Å². The predicted octanol–water partition coefficient (Wildman–Crippen LogP) is 4.52. The molecule has 2 heterocycles. The number of esters is 2. The molecule has 13 heteroatoms. The third-order valence-corrected chi connectivity index (χ3v) is 7.05. The highest BCUT2D eigenvalue weighted by molar-refractivity contribution is 6.76. The SMILES string of the molecule is COc1ccc(C(=O)OC2C(OC3C(C)COC(OC(=N)C(Cl)(Cl)Cl)C3OC(C)=O)OCC(C)C2C)cc1. The Morgan fingerprint density at radius 3 is 2.08 bits per heavy atom. The molecule has 3 rings (SSSR count). The third kappa shape index (κ3) is 7.64. The number of carbonyl (C=O) groups excluding carboxylic acids is 2. The lowest BCUT2D eigenvalue weighted by Crippen LogP contribution is -2.58. The molecule has 1 aromatic carbocycles. The Bertz CT molecular complexity index is 987. The summed E-state index contributed by atoms with van der Waals surface area (Å²) in [5.41, 5.74) is 0.339. The van der Waals surface area contributed by atoms with Crippen LogP contribution < -0.4 is 4.74 Å². The quantitative estimate of drug-likeness (QED) is 0.209. The largest absolute Gasteiger partial charge is 0.497 e. The molecule has 0 aromatic heterocycles. The standard InChI is InChI=1S/C25H32Cl3NO9/c1-12-10-33-22(19(14(12)3)36-21(31)16-6-8-17(32-5)9-7-16)37-18-13(2)11-34-23(20(18)35-15(4)30)38-24(29)25(26,27)28/h6-9,12-14,18-20,22-23,29H,10-11H2,1-5H3. The summed E-state index contributed by atoms with van der Waals surface area (Å²) in [6, 6.07) is 6.54. The van der Waals surface area contributed by atoms with Crippen LogP contribution >= 0.6 is 34.8 Å². The summed E-state index contributed by atoms with van der Waals surface area (Å²) in [5, 5.41) is 7.91. The molecule has 0 aliphatic carbocycles. The zero-order chi connectivity index (χ0) is 28.2. The number of carbonyl (C=O) groups is 2. The normalized spacial score (nSPS) is 31.7. The van der Waals surface area contributed by atoms with Crippen LogP contribution in [-0.4, -0.2) is 72.8 Å². The fourth-order valence-electron chi connectivity index (χ4n) is 4.14. The molecule has 0 bridgehead atoms. The van der Waals surface area contributed by atoms with E-state index in [1.165, 1.54) is 14.0 Å². The molecule has 2 aliphatic rings. The highest BCUT2D eigenvalue weighted by Crippen LogP contribution is 2.35. The molecular formula is C25H32Cl3NO9. The first-order valence-electron chi connectivity index (χ1n) is 12.0. The zero-order valence-electron chi connectivity index (χ0n) is 21.7. The number of benzene rings is 1. The number of methoxy groups -OCH3 is 1. The fraction of sp³-hybridized carbons (Fsp3) is 0.640. The maximum absolute atomic E-state index is 13.0. The topological polar surface area (TPSA) is 123 Å². The van der Waals surface area contributed by atoms with Crippen LogP contribution in [0.2, 0.25) is 0 Å². The van der Waals surface area contributed by atoms with Crippen molar-refractivity contribution in [2.75, 3.05) is 20.3 Å². The molecule has 0 radical (unpaired) electrons. The number of hydrogen-bond donors (Lipinski definition) is 1. The molecule has 1 N–H and O–H groups in total. The average molecular weight is 597 g/mol. The molecule has 10 nitrogen and oxygen atoms in total. The van der Waals surface area contributed by atoms with E-state index < -0.39 is 52.5 Å². The van der Waals surface area contributed by atoms with Crippen molar-refractivity contribution in [2.24, 2.45) is 17.8 Å². The van der Waals surface area contributed by atoms with Crippen molar-refractivity contribution in [1.82, 2.24) is 0 Å². The Kier molecular flexibility index (Phi) is 10.5. The van der Waals surface area contributed by atoms with Crippen molar-refractivity contribution in [3.63, 3.8) is 0 Å². The number of nitrogens with one attached hydrogen (secondary N) is 1. The summed E-state index contributed by atoms with van der Waals surface area (Å²) in [4.78, 5) is 25.0. The van der Waals surface area contributed by atoms with Gasteiger partial charge in [0.15, 0.2) is 18.5 Å². The summed E-state index contributed by atoms with van der Waals surface area (Å²) in [7, 11) is 1.54. The smallest absolute Gasteiger partial charge is 0.338 e. The molecule has 8 atom stereocenters. The minimum atomic E-state index is -2.15. The van der Waals surface area contributed by atoms with Crippen LogP contribution in [0.25, 0.3) is 0 Å². The minimum Gasteiger partial charge on any atom is -0.497 e. The van der Waals surface area contributed by atoms with Gasteiger partial charge >= 0.3 is 11.9 Å². The lowest BCUT2D eigenvalue weighted by Gasteiger charge is -2.45. The van der Waals surface area contributed by atoms with Gasteiger partial charge in [-0.15, -0.1) is 0 Å². The molecule has 2 fully saturated rings. The van der Waals surface area contributed by atoms with Crippen LogP contribution in [0.3, 0.4) is 0 Å². The van der Waals surface area contributed by atoms with Crippen LogP contribution in [0.15, 0.2) is 24.3 Å². The van der Waals surface area contributed by atoms with Gasteiger partial charge in [-0.05, 0) is 30.2 Å². The van der Waals surface area contributed by atoms with E-state index in [-0.39, 0.29) is 24.4 Å². The summed E-state index contributed by atoms with van der Waals surface area (Å²) >= 11 is 17.3. The van der Waals surface area contributed by atoms with Gasteiger partial charge in [0, 0.05) is 18.8 Å². The van der Waals surface area contributed by atoms with E-state index in [0.717, 1.165) is 0 Å². The van der Waals surface area contributed by atoms with Gasteiger partial charge in [-0.2, -0.15) is 0 Å². The number of halogens is 3. The lowest BCUT2D eigenvalue weighted by molar-refractivity contribution is -0.311. The monoisotopic (exact) mass is 595 g/mol. The number of hydrogen-bond acceptors (Lipinski definition) is 10. The van der Waals surface area contributed by atoms with E-state index in [1.54, 1.807) is 24.3 Å². The second-order valence-corrected chi connectivity index (χ2v) is 11.7. The van der Waals surface area contributed by atoms with E-state index in [2.05, 4.69) is 0 Å². The van der Waals surface area contributed by atoms with Crippen LogP contribution in [0.4, 0.5) is 0 Å². The van der Waals surface area contributed by atoms with Crippen molar-refractivity contribution < 1.29 is 42.7 Å². The summed E-state index contributed by atoms with van der Waals surface area (Å²) < 4.78 is 37.8. The van der Waals surface area contributed by atoms with Crippen molar-refractivity contribution in [2.45, 2.75) is 62.4 Å². The molecule has 0 amide bonds. The van der Waals surface area contributed by atoms with Crippen molar-refractivity contribution in [1.29, 1.82) is 5.41 Å². The van der Waals surface area contributed by atoms with E-state index in [0.29, 0.717) is 17.9 Å². The average Bonchev–Trinajstić information content (AvgIpc) is 2.86. The van der Waals surface area contributed by atoms with E-state index in [4.69, 9.17) is 73.4 Å². The lowest BCUT2D eigenvalue weighted by atomic mass is 9.88. The molecule has 0 saturated carbocycles. The van der Waals surface area contributed by atoms with E-state index in [1.807, 2.05) is 20.8 Å². The Morgan fingerprint density at radius 1 is 0.895 bits per heavy atom. The number of ether oxygens (including phenoxy) is 7. The fourth-order valence-corrected chi connectivity index (χ4v) is 4.28. The molecule has 2 aliphatic heterocycles. The first-order chi connectivity index (χ1) is 17.8. The Balaban J connectivity index is 1.82. The van der Waals surface area contributed by atoms with Gasteiger partial charge in [0.25, 0.3) is 3.79 Å². The summed E-state index contributed by atoms with van der Waals surface area (Å²) in [6.45, 7) is 7.45. The second-order valence-electron chi connectivity index (χ2n) is 9.44. The van der Waals surface area contributed by atoms with Crippen molar-refractivity contribution in [3.8, 4) is 5.75 Å². The van der Waals surface area contributed by atoms with Gasteiger partial charge in [-0.25, -0.2) is 4.79 Å². The van der Waals surface area contributed by atoms with Crippen molar-refractivity contribution >= 4 is 52.6 Å². The number of alkyl halides is 3. The van der Waals surface area contributed by atoms with Crippen molar-refractivity contribution in [3.05, 3.63) is 29.8 Å². The maximum atomic E-state index is 13.0. The molecular weight excluding hydrogens is 565 g/mol. The Morgan fingerprint density at radius 2 is 1.50 bits per heavy atom. The molecule has 0 spiro atoms. The van der Waals surface area contributed by atoms with Gasteiger partial charge in [0.1, 0.15) is 11.9 Å². The highest BCUT2D eigenvalue weighted by atomic mass is 35.6. The zero-order valence-corrected chi connectivity index (χ0v) is 23.9. The minimum absolute atomic E-state index is 0.0701. The van der Waals surface area contributed by atoms with Crippen LogP contribution in [0.5, 0.6) is 5.75 Å². The molecule has 8 unspecified atom stereocenters. The number of rotatable bonds is 7. The van der Waals surface area contributed by atoms with E-state index >= 15 is 0 Å². The first-order valence-corrected chi connectivity index (χ1v) is 13.2. The third-order valence-electron chi connectivity index (χ3n) is 6.54. The molecule has 2 saturated heterocycles. The Labute approximate surface area is 236 Å². The van der Waals surface area contributed by atoms with Gasteiger partial charge in [0.05, 0.1) is 25.9 Å². The maximum Gasteiger partial charge on any atom is 0.338 e. The summed E-state index contributed by atoms with van der Waals surface area (Å²) in [6.07, 6.45) is -5.02. The summed E-state index contributed by atoms with van der Waals surface area (Å²) in [5.74, 6) is -1.65. The van der Waals surface area contributed by atoms with Gasteiger partial charge in [-0.3, -0.25) is 10.2 Å². The van der Waals surface area contributed by atoms with Gasteiger partial charge < -0.3 is 33.2 Å². The highest BCUT2D eigenvalue weighted by Gasteiger charge is 2.49. The predicted molar refractivity (Wildman–Crippen MR) is 139 cm³/mol. The second kappa shape index (κ2) is 13.0. The van der Waals surface area contributed by atoms with E-state index in [9.17, 15) is 9.59 Å². The Hall–Kier alpha value is -1.82. The first kappa shape index (κ1) is 30.7. The molecule has 1 aromatic rings. The van der Waals surface area contributed by atoms with Crippen LogP contribution in [-0.2, 0) is 33.2 Å².